The van der Waals surface area contributed by atoms with Crippen LogP contribution in [0.5, 0.6) is 5.75 Å². The number of non-ortho nitro benzene ring substituents is 1. The van der Waals surface area contributed by atoms with Crippen molar-refractivity contribution < 1.29 is 9.66 Å². The Balaban J connectivity index is 2.15. The third kappa shape index (κ3) is 2.51. The second-order valence-electron chi connectivity index (χ2n) is 5.04. The van der Waals surface area contributed by atoms with E-state index in [0.29, 0.717) is 5.75 Å². The lowest BCUT2D eigenvalue weighted by Crippen LogP contribution is -2.55. The topological polar surface area (TPSA) is 52.4 Å². The van der Waals surface area contributed by atoms with Crippen LogP contribution < -0.4 is 4.74 Å². The molecule has 0 amide bonds. The van der Waals surface area contributed by atoms with E-state index in [2.05, 4.69) is 13.8 Å². The Morgan fingerprint density at radius 1 is 1.58 bits per heavy atom. The molecule has 4 nitrogen and oxygen atoms in total. The summed E-state index contributed by atoms with van der Waals surface area (Å²) in [6.45, 7) is 4.15. The van der Waals surface area contributed by atoms with Crippen LogP contribution in [0, 0.1) is 15.5 Å². The highest BCUT2D eigenvalue weighted by atomic mass is 35.5. The van der Waals surface area contributed by atoms with E-state index in [9.17, 15) is 10.1 Å². The van der Waals surface area contributed by atoms with Gasteiger partial charge in [0.15, 0.2) is 0 Å². The summed E-state index contributed by atoms with van der Waals surface area (Å²) >= 11 is 12.2. The Bertz CT molecular complexity index is 509. The smallest absolute Gasteiger partial charge is 0.271 e. The van der Waals surface area contributed by atoms with Crippen LogP contribution in [0.15, 0.2) is 18.2 Å². The average molecular weight is 304 g/mol. The number of alkyl halides is 1. The zero-order chi connectivity index (χ0) is 14.2. The molecule has 1 aliphatic carbocycles. The molecule has 1 aromatic carbocycles. The lowest BCUT2D eigenvalue weighted by Gasteiger charge is -2.50. The van der Waals surface area contributed by atoms with Gasteiger partial charge in [-0.1, -0.05) is 25.4 Å². The van der Waals surface area contributed by atoms with Crippen LogP contribution in [0.4, 0.5) is 5.69 Å². The minimum atomic E-state index is -0.482. The molecule has 1 fully saturated rings. The molecule has 3 unspecified atom stereocenters. The quantitative estimate of drug-likeness (QED) is 0.470. The molecule has 2 rings (SSSR count). The van der Waals surface area contributed by atoms with Crippen molar-refractivity contribution in [3.05, 3.63) is 33.3 Å². The van der Waals surface area contributed by atoms with E-state index in [4.69, 9.17) is 27.9 Å². The fourth-order valence-corrected chi connectivity index (χ4v) is 2.93. The molecule has 3 atom stereocenters. The molecule has 0 radical (unpaired) electrons. The van der Waals surface area contributed by atoms with Gasteiger partial charge in [0.1, 0.15) is 11.9 Å². The predicted octanol–water partition coefficient (Wildman–Crippen LogP) is 4.42. The highest BCUT2D eigenvalue weighted by molar-refractivity contribution is 6.32. The van der Waals surface area contributed by atoms with Crippen molar-refractivity contribution in [2.45, 2.75) is 38.2 Å². The number of halogens is 2. The van der Waals surface area contributed by atoms with Crippen molar-refractivity contribution in [2.24, 2.45) is 5.41 Å². The lowest BCUT2D eigenvalue weighted by molar-refractivity contribution is -0.384. The van der Waals surface area contributed by atoms with E-state index in [0.717, 1.165) is 12.8 Å². The van der Waals surface area contributed by atoms with E-state index in [1.807, 2.05) is 0 Å². The van der Waals surface area contributed by atoms with Crippen molar-refractivity contribution in [2.75, 3.05) is 0 Å². The highest BCUT2D eigenvalue weighted by Gasteiger charge is 2.51. The van der Waals surface area contributed by atoms with Crippen molar-refractivity contribution in [1.29, 1.82) is 0 Å². The molecule has 1 aromatic rings. The highest BCUT2D eigenvalue weighted by Crippen LogP contribution is 2.49. The zero-order valence-corrected chi connectivity index (χ0v) is 12.2. The molecular weight excluding hydrogens is 289 g/mol. The number of rotatable bonds is 4. The molecule has 0 spiro atoms. The van der Waals surface area contributed by atoms with Crippen LogP contribution in [0.3, 0.4) is 0 Å². The average Bonchev–Trinajstić information content (AvgIpc) is 2.38. The number of benzene rings is 1. The van der Waals surface area contributed by atoms with Crippen molar-refractivity contribution in [3.8, 4) is 5.75 Å². The van der Waals surface area contributed by atoms with Crippen LogP contribution in [0.2, 0.25) is 5.02 Å². The third-order valence-electron chi connectivity index (χ3n) is 4.03. The van der Waals surface area contributed by atoms with Crippen LogP contribution in [-0.2, 0) is 0 Å². The van der Waals surface area contributed by atoms with Gasteiger partial charge < -0.3 is 4.74 Å². The Morgan fingerprint density at radius 2 is 2.26 bits per heavy atom. The zero-order valence-electron chi connectivity index (χ0n) is 10.7. The second-order valence-corrected chi connectivity index (χ2v) is 5.97. The van der Waals surface area contributed by atoms with Gasteiger partial charge in [-0.3, -0.25) is 10.1 Å². The monoisotopic (exact) mass is 303 g/mol. The Labute approximate surface area is 121 Å². The van der Waals surface area contributed by atoms with Gasteiger partial charge in [0, 0.05) is 29.3 Å². The molecule has 1 saturated carbocycles. The minimum absolute atomic E-state index is 0.000967. The number of hydrogen-bond donors (Lipinski definition) is 0. The van der Waals surface area contributed by atoms with E-state index in [1.165, 1.54) is 18.2 Å². The normalized spacial score (nSPS) is 29.7. The fraction of sp³-hybridized carbons (Fsp3) is 0.538. The van der Waals surface area contributed by atoms with Gasteiger partial charge >= 0.3 is 0 Å². The van der Waals surface area contributed by atoms with Crippen LogP contribution in [0.25, 0.3) is 0 Å². The molecule has 0 heterocycles. The van der Waals surface area contributed by atoms with Crippen LogP contribution in [0.1, 0.15) is 26.7 Å². The molecule has 0 bridgehead atoms. The summed E-state index contributed by atoms with van der Waals surface area (Å²) < 4.78 is 5.85. The lowest BCUT2D eigenvalue weighted by atomic mass is 9.65. The Kier molecular flexibility index (Phi) is 3.92. The van der Waals surface area contributed by atoms with Gasteiger partial charge in [0.05, 0.1) is 9.95 Å². The Morgan fingerprint density at radius 3 is 2.74 bits per heavy atom. The molecule has 0 aromatic heterocycles. The van der Waals surface area contributed by atoms with Gasteiger partial charge in [-0.05, 0) is 12.5 Å². The summed E-state index contributed by atoms with van der Waals surface area (Å²) in [5.41, 5.74) is -0.119. The van der Waals surface area contributed by atoms with Gasteiger partial charge in [-0.15, -0.1) is 11.6 Å². The van der Waals surface area contributed by atoms with Gasteiger partial charge in [0.2, 0.25) is 0 Å². The van der Waals surface area contributed by atoms with Crippen LogP contribution >= 0.6 is 23.2 Å². The van der Waals surface area contributed by atoms with Gasteiger partial charge in [0.25, 0.3) is 5.69 Å². The summed E-state index contributed by atoms with van der Waals surface area (Å²) in [5.74, 6) is 0.473. The number of nitrogens with zero attached hydrogens (tertiary/aromatic N) is 1. The summed E-state index contributed by atoms with van der Waals surface area (Å²) in [4.78, 5) is 10.2. The van der Waals surface area contributed by atoms with Crippen molar-refractivity contribution >= 4 is 28.9 Å². The van der Waals surface area contributed by atoms with Crippen LogP contribution in [-0.4, -0.2) is 16.4 Å². The Hall–Kier alpha value is -1.00. The first kappa shape index (κ1) is 14.4. The molecular formula is C13H15Cl2NO3. The summed E-state index contributed by atoms with van der Waals surface area (Å²) in [6, 6.07) is 4.23. The standard InChI is InChI=1S/C13H15Cl2NO3/c1-3-13(2)11(15)7-12(13)19-10-5-4-8(16(17)18)6-9(10)14/h4-6,11-12H,3,7H2,1-2H3. The van der Waals surface area contributed by atoms with Gasteiger partial charge in [-0.25, -0.2) is 0 Å². The van der Waals surface area contributed by atoms with E-state index in [1.54, 1.807) is 0 Å². The van der Waals surface area contributed by atoms with Gasteiger partial charge in [-0.2, -0.15) is 0 Å². The number of hydrogen-bond acceptors (Lipinski definition) is 3. The third-order valence-corrected chi connectivity index (χ3v) is 5.00. The number of nitro benzene ring substituents is 1. The molecule has 104 valence electrons. The maximum Gasteiger partial charge on any atom is 0.271 e. The minimum Gasteiger partial charge on any atom is -0.488 e. The van der Waals surface area contributed by atoms with E-state index < -0.39 is 4.92 Å². The maximum absolute atomic E-state index is 10.6. The summed E-state index contributed by atoms with van der Waals surface area (Å²) in [6.07, 6.45) is 1.68. The summed E-state index contributed by atoms with van der Waals surface area (Å²) in [5, 5.41) is 11.0. The molecule has 0 N–H and O–H groups in total. The number of ether oxygens (including phenoxy) is 1. The van der Waals surface area contributed by atoms with Crippen molar-refractivity contribution in [3.63, 3.8) is 0 Å². The number of nitro groups is 1. The second kappa shape index (κ2) is 5.17. The predicted molar refractivity (Wildman–Crippen MR) is 75.2 cm³/mol. The largest absolute Gasteiger partial charge is 0.488 e. The first-order valence-electron chi connectivity index (χ1n) is 6.13. The molecule has 0 saturated heterocycles. The van der Waals surface area contributed by atoms with E-state index in [-0.39, 0.29) is 27.6 Å². The summed E-state index contributed by atoms with van der Waals surface area (Å²) in [7, 11) is 0. The first-order chi connectivity index (χ1) is 8.88. The first-order valence-corrected chi connectivity index (χ1v) is 6.94. The fourth-order valence-electron chi connectivity index (χ4n) is 2.25. The maximum atomic E-state index is 10.6. The SMILES string of the molecule is CCC1(C)C(Cl)CC1Oc1ccc([N+](=O)[O-])cc1Cl. The molecule has 1 aliphatic rings. The molecule has 6 heteroatoms. The molecule has 0 aliphatic heterocycles. The molecule has 19 heavy (non-hydrogen) atoms. The van der Waals surface area contributed by atoms with E-state index >= 15 is 0 Å². The van der Waals surface area contributed by atoms with Crippen molar-refractivity contribution in [1.82, 2.24) is 0 Å².